The number of rotatable bonds is 4. The summed E-state index contributed by atoms with van der Waals surface area (Å²) in [6.45, 7) is 1.75. The Morgan fingerprint density at radius 3 is 2.90 bits per heavy atom. The van der Waals surface area contributed by atoms with E-state index in [9.17, 15) is 9.59 Å². The highest BCUT2D eigenvalue weighted by Crippen LogP contribution is 2.33. The largest absolute Gasteiger partial charge is 0.481 e. The van der Waals surface area contributed by atoms with E-state index in [4.69, 9.17) is 5.11 Å². The van der Waals surface area contributed by atoms with Crippen LogP contribution in [0.5, 0.6) is 0 Å². The Morgan fingerprint density at radius 2 is 2.19 bits per heavy atom. The molecule has 0 fully saturated rings. The fraction of sp³-hybridized carbons (Fsp3) is 0.286. The van der Waals surface area contributed by atoms with E-state index in [0.717, 1.165) is 10.2 Å². The van der Waals surface area contributed by atoms with Crippen LogP contribution in [-0.4, -0.2) is 27.7 Å². The maximum absolute atomic E-state index is 12.4. The van der Waals surface area contributed by atoms with Crippen molar-refractivity contribution in [3.8, 4) is 0 Å². The molecule has 1 atom stereocenters. The number of fused-ring (bicyclic) bond motifs is 1. The van der Waals surface area contributed by atoms with Crippen molar-refractivity contribution in [2.24, 2.45) is 11.0 Å². The molecule has 0 aliphatic carbocycles. The number of para-hydroxylation sites is 1. The van der Waals surface area contributed by atoms with Crippen molar-refractivity contribution in [1.29, 1.82) is 0 Å². The number of anilines is 1. The summed E-state index contributed by atoms with van der Waals surface area (Å²) in [7, 11) is 0. The van der Waals surface area contributed by atoms with Gasteiger partial charge in [0.25, 0.3) is 5.91 Å². The normalized spacial score (nSPS) is 18.3. The second-order valence-electron chi connectivity index (χ2n) is 4.84. The summed E-state index contributed by atoms with van der Waals surface area (Å²) in [6.07, 6.45) is 0.224. The van der Waals surface area contributed by atoms with Crippen molar-refractivity contribution < 1.29 is 14.7 Å². The van der Waals surface area contributed by atoms with Crippen LogP contribution in [0, 0.1) is 5.92 Å². The summed E-state index contributed by atoms with van der Waals surface area (Å²) >= 11 is 1.40. The number of carbonyl (C=O) groups is 2. The maximum Gasteiger partial charge on any atom is 0.303 e. The zero-order chi connectivity index (χ0) is 15.0. The van der Waals surface area contributed by atoms with E-state index in [1.807, 2.05) is 24.3 Å². The second kappa shape index (κ2) is 5.25. The number of carboxylic acid groups (broad SMARTS) is 1. The highest BCUT2D eigenvalue weighted by Gasteiger charge is 2.35. The first-order valence-corrected chi connectivity index (χ1v) is 7.34. The molecular weight excluding hydrogens is 290 g/mol. The standard InChI is InChI=1S/C14H13N3O3S/c1-8-9(6-7-12(18)19)13(20)17(16-8)14-15-10-4-2-3-5-11(10)21-14/h2-5,9H,6-7H2,1H3,(H,18,19). The van der Waals surface area contributed by atoms with Crippen molar-refractivity contribution in [3.63, 3.8) is 0 Å². The number of hydrogen-bond acceptors (Lipinski definition) is 5. The van der Waals surface area contributed by atoms with Gasteiger partial charge in [-0.15, -0.1) is 0 Å². The third kappa shape index (κ3) is 2.52. The number of amides is 1. The molecule has 1 N–H and O–H groups in total. The van der Waals surface area contributed by atoms with Gasteiger partial charge in [-0.3, -0.25) is 9.59 Å². The van der Waals surface area contributed by atoms with Crippen LogP contribution in [0.25, 0.3) is 10.2 Å². The van der Waals surface area contributed by atoms with Gasteiger partial charge in [0.2, 0.25) is 5.13 Å². The molecule has 1 aliphatic heterocycles. The van der Waals surface area contributed by atoms with Gasteiger partial charge in [-0.2, -0.15) is 10.1 Å². The highest BCUT2D eigenvalue weighted by molar-refractivity contribution is 7.22. The lowest BCUT2D eigenvalue weighted by Crippen LogP contribution is -2.27. The molecule has 0 saturated carbocycles. The molecule has 1 amide bonds. The molecular formula is C14H13N3O3S. The predicted octanol–water partition coefficient (Wildman–Crippen LogP) is 2.50. The number of carboxylic acids is 1. The van der Waals surface area contributed by atoms with Gasteiger partial charge in [0.1, 0.15) is 0 Å². The van der Waals surface area contributed by atoms with Crippen LogP contribution >= 0.6 is 11.3 Å². The molecule has 2 aromatic rings. The molecule has 3 rings (SSSR count). The second-order valence-corrected chi connectivity index (χ2v) is 5.85. The fourth-order valence-electron chi connectivity index (χ4n) is 2.29. The minimum Gasteiger partial charge on any atom is -0.481 e. The van der Waals surface area contributed by atoms with E-state index in [2.05, 4.69) is 10.1 Å². The molecule has 0 saturated heterocycles. The van der Waals surface area contributed by atoms with Gasteiger partial charge in [0, 0.05) is 12.1 Å². The number of hydrogen-bond donors (Lipinski definition) is 1. The Bertz CT molecular complexity index is 720. The molecule has 1 aromatic carbocycles. The van der Waals surface area contributed by atoms with E-state index in [1.165, 1.54) is 16.3 Å². The van der Waals surface area contributed by atoms with Crippen LogP contribution in [0.15, 0.2) is 29.4 Å². The first-order chi connectivity index (χ1) is 10.1. The summed E-state index contributed by atoms with van der Waals surface area (Å²) in [5.74, 6) is -1.57. The van der Waals surface area contributed by atoms with Crippen LogP contribution in [-0.2, 0) is 9.59 Å². The van der Waals surface area contributed by atoms with Crippen molar-refractivity contribution in [2.45, 2.75) is 19.8 Å². The quantitative estimate of drug-likeness (QED) is 0.940. The van der Waals surface area contributed by atoms with Gasteiger partial charge in [-0.25, -0.2) is 4.98 Å². The third-order valence-corrected chi connectivity index (χ3v) is 4.39. The Balaban J connectivity index is 1.86. The molecule has 1 unspecified atom stereocenters. The van der Waals surface area contributed by atoms with Crippen LogP contribution in [0.4, 0.5) is 5.13 Å². The maximum atomic E-state index is 12.4. The molecule has 108 valence electrons. The van der Waals surface area contributed by atoms with E-state index >= 15 is 0 Å². The van der Waals surface area contributed by atoms with Crippen LogP contribution in [0.2, 0.25) is 0 Å². The SMILES string of the molecule is CC1=NN(c2nc3ccccc3s2)C(=O)C1CCC(=O)O. The van der Waals surface area contributed by atoms with E-state index in [-0.39, 0.29) is 18.7 Å². The topological polar surface area (TPSA) is 82.9 Å². The number of carbonyl (C=O) groups excluding carboxylic acids is 1. The Hall–Kier alpha value is -2.28. The number of nitrogens with zero attached hydrogens (tertiary/aromatic N) is 3. The lowest BCUT2D eigenvalue weighted by Gasteiger charge is -2.10. The first-order valence-electron chi connectivity index (χ1n) is 6.52. The van der Waals surface area contributed by atoms with Crippen LogP contribution in [0.3, 0.4) is 0 Å². The minimum atomic E-state index is -0.908. The molecule has 2 heterocycles. The van der Waals surface area contributed by atoms with Crippen LogP contribution in [0.1, 0.15) is 19.8 Å². The Morgan fingerprint density at radius 1 is 1.43 bits per heavy atom. The minimum absolute atomic E-state index is 0.0447. The van der Waals surface area contributed by atoms with E-state index in [0.29, 0.717) is 10.8 Å². The smallest absolute Gasteiger partial charge is 0.303 e. The van der Waals surface area contributed by atoms with Gasteiger partial charge in [-0.1, -0.05) is 23.5 Å². The summed E-state index contributed by atoms with van der Waals surface area (Å²) in [4.78, 5) is 27.5. The summed E-state index contributed by atoms with van der Waals surface area (Å²) in [5, 5.41) is 14.8. The Kier molecular flexibility index (Phi) is 3.42. The van der Waals surface area contributed by atoms with Crippen molar-refractivity contribution in [1.82, 2.24) is 4.98 Å². The summed E-state index contributed by atoms with van der Waals surface area (Å²) in [5.41, 5.74) is 1.47. The molecule has 1 aromatic heterocycles. The average Bonchev–Trinajstić information content (AvgIpc) is 2.98. The number of aliphatic carboxylic acids is 1. The molecule has 0 bridgehead atoms. The van der Waals surface area contributed by atoms with Crippen molar-refractivity contribution in [3.05, 3.63) is 24.3 Å². The summed E-state index contributed by atoms with van der Waals surface area (Å²) < 4.78 is 0.988. The lowest BCUT2D eigenvalue weighted by atomic mass is 9.99. The van der Waals surface area contributed by atoms with Gasteiger partial charge in [-0.05, 0) is 25.5 Å². The van der Waals surface area contributed by atoms with Gasteiger partial charge >= 0.3 is 5.97 Å². The van der Waals surface area contributed by atoms with E-state index < -0.39 is 11.9 Å². The van der Waals surface area contributed by atoms with Crippen molar-refractivity contribution >= 4 is 44.3 Å². The lowest BCUT2D eigenvalue weighted by molar-refractivity contribution is -0.137. The van der Waals surface area contributed by atoms with Gasteiger partial charge < -0.3 is 5.11 Å². The zero-order valence-electron chi connectivity index (χ0n) is 11.3. The Labute approximate surface area is 124 Å². The number of benzene rings is 1. The third-order valence-electron chi connectivity index (χ3n) is 3.38. The van der Waals surface area contributed by atoms with E-state index in [1.54, 1.807) is 6.92 Å². The number of aromatic nitrogens is 1. The fourth-order valence-corrected chi connectivity index (χ4v) is 3.21. The molecule has 0 spiro atoms. The molecule has 1 aliphatic rings. The number of hydrazone groups is 1. The monoisotopic (exact) mass is 303 g/mol. The van der Waals surface area contributed by atoms with Crippen molar-refractivity contribution in [2.75, 3.05) is 5.01 Å². The highest BCUT2D eigenvalue weighted by atomic mass is 32.1. The number of thiazole rings is 1. The first kappa shape index (κ1) is 13.7. The molecule has 7 heteroatoms. The summed E-state index contributed by atoms with van der Waals surface area (Å²) in [6, 6.07) is 7.63. The van der Waals surface area contributed by atoms with Crippen LogP contribution < -0.4 is 5.01 Å². The van der Waals surface area contributed by atoms with Gasteiger partial charge in [0.05, 0.1) is 16.1 Å². The predicted molar refractivity (Wildman–Crippen MR) is 80.6 cm³/mol. The zero-order valence-corrected chi connectivity index (χ0v) is 12.1. The molecule has 6 nitrogen and oxygen atoms in total. The molecule has 21 heavy (non-hydrogen) atoms. The van der Waals surface area contributed by atoms with Gasteiger partial charge in [0.15, 0.2) is 0 Å². The average molecular weight is 303 g/mol. The molecule has 0 radical (unpaired) electrons.